The van der Waals surface area contributed by atoms with Gasteiger partial charge in [0.2, 0.25) is 0 Å². The molecule has 0 saturated heterocycles. The molecule has 0 saturated carbocycles. The molecule has 0 aliphatic rings. The molecule has 0 unspecified atom stereocenters. The second-order valence-electron chi connectivity index (χ2n) is 5.33. The highest BCUT2D eigenvalue weighted by molar-refractivity contribution is 5.44. The summed E-state index contributed by atoms with van der Waals surface area (Å²) in [6, 6.07) is 4.49. The summed E-state index contributed by atoms with van der Waals surface area (Å²) in [5.74, 6) is 0. The highest BCUT2D eigenvalue weighted by atomic mass is 14.9. The van der Waals surface area contributed by atoms with Crippen LogP contribution in [0.2, 0.25) is 0 Å². The molecule has 0 spiro atoms. The van der Waals surface area contributed by atoms with Crippen LogP contribution in [0.1, 0.15) is 41.7 Å². The van der Waals surface area contributed by atoms with Crippen LogP contribution < -0.4 is 5.32 Å². The SMILES string of the molecule is Cc1cc(C)c(C)c(CNC(C)(C)C#N)c1C. The first-order valence-electron chi connectivity index (χ1n) is 6.01. The molecule has 0 atom stereocenters. The normalized spacial score (nSPS) is 11.4. The van der Waals surface area contributed by atoms with Crippen LogP contribution in [0, 0.1) is 39.0 Å². The maximum atomic E-state index is 9.01. The molecule has 0 aromatic heterocycles. The number of benzene rings is 1. The molecule has 0 bridgehead atoms. The lowest BCUT2D eigenvalue weighted by molar-refractivity contribution is 0.483. The van der Waals surface area contributed by atoms with Gasteiger partial charge in [-0.3, -0.25) is 5.32 Å². The number of aryl methyl sites for hydroxylation is 2. The monoisotopic (exact) mass is 230 g/mol. The molecular formula is C15H22N2. The molecule has 0 aliphatic heterocycles. The third-order valence-corrected chi connectivity index (χ3v) is 3.51. The molecule has 92 valence electrons. The van der Waals surface area contributed by atoms with Gasteiger partial charge < -0.3 is 0 Å². The maximum absolute atomic E-state index is 9.01. The standard InChI is InChI=1S/C15H22N2/c1-10-7-11(2)13(4)14(12(10)3)8-17-15(5,6)9-16/h7,17H,8H2,1-6H3. The van der Waals surface area contributed by atoms with Crippen molar-refractivity contribution in [1.29, 1.82) is 5.26 Å². The quantitative estimate of drug-likeness (QED) is 0.864. The lowest BCUT2D eigenvalue weighted by Gasteiger charge is -2.21. The average Bonchev–Trinajstić information content (AvgIpc) is 2.26. The molecule has 0 fully saturated rings. The maximum Gasteiger partial charge on any atom is 0.101 e. The van der Waals surface area contributed by atoms with E-state index in [0.717, 1.165) is 6.54 Å². The predicted octanol–water partition coefficient (Wildman–Crippen LogP) is 3.31. The number of hydrogen-bond donors (Lipinski definition) is 1. The summed E-state index contributed by atoms with van der Waals surface area (Å²) in [5.41, 5.74) is 6.14. The van der Waals surface area contributed by atoms with Crippen molar-refractivity contribution in [3.63, 3.8) is 0 Å². The fourth-order valence-electron chi connectivity index (χ4n) is 1.91. The van der Waals surface area contributed by atoms with Crippen molar-refractivity contribution in [3.05, 3.63) is 33.9 Å². The molecule has 17 heavy (non-hydrogen) atoms. The second kappa shape index (κ2) is 4.89. The predicted molar refractivity (Wildman–Crippen MR) is 71.9 cm³/mol. The van der Waals surface area contributed by atoms with E-state index >= 15 is 0 Å². The smallest absolute Gasteiger partial charge is 0.101 e. The minimum absolute atomic E-state index is 0.476. The summed E-state index contributed by atoms with van der Waals surface area (Å²) >= 11 is 0. The van der Waals surface area contributed by atoms with Crippen LogP contribution in [0.3, 0.4) is 0 Å². The number of rotatable bonds is 3. The second-order valence-corrected chi connectivity index (χ2v) is 5.33. The van der Waals surface area contributed by atoms with Gasteiger partial charge in [-0.2, -0.15) is 5.26 Å². The lowest BCUT2D eigenvalue weighted by atomic mass is 9.93. The molecule has 0 amide bonds. The first-order chi connectivity index (χ1) is 7.78. The Morgan fingerprint density at radius 2 is 1.59 bits per heavy atom. The molecule has 1 aromatic carbocycles. The molecular weight excluding hydrogens is 208 g/mol. The Balaban J connectivity index is 3.04. The van der Waals surface area contributed by atoms with E-state index < -0.39 is 5.54 Å². The van der Waals surface area contributed by atoms with Gasteiger partial charge in [0.05, 0.1) is 6.07 Å². The third kappa shape index (κ3) is 3.08. The molecule has 1 N–H and O–H groups in total. The number of nitrogens with one attached hydrogen (secondary N) is 1. The first kappa shape index (κ1) is 13.7. The molecule has 0 radical (unpaired) electrons. The van der Waals surface area contributed by atoms with Crippen molar-refractivity contribution in [1.82, 2.24) is 5.32 Å². The molecule has 2 heteroatoms. The molecule has 1 rings (SSSR count). The van der Waals surface area contributed by atoms with Crippen LogP contribution in [0.15, 0.2) is 6.07 Å². The highest BCUT2D eigenvalue weighted by Gasteiger charge is 2.17. The molecule has 2 nitrogen and oxygen atoms in total. The van der Waals surface area contributed by atoms with Crippen LogP contribution in [-0.2, 0) is 6.54 Å². The molecule has 0 aliphatic carbocycles. The topological polar surface area (TPSA) is 35.8 Å². The van der Waals surface area contributed by atoms with Gasteiger partial charge in [0.1, 0.15) is 5.54 Å². The summed E-state index contributed by atoms with van der Waals surface area (Å²) < 4.78 is 0. The Morgan fingerprint density at radius 3 is 2.00 bits per heavy atom. The summed E-state index contributed by atoms with van der Waals surface area (Å²) in [4.78, 5) is 0. The van der Waals surface area contributed by atoms with Crippen LogP contribution in [0.4, 0.5) is 0 Å². The Labute approximate surface area is 105 Å². The van der Waals surface area contributed by atoms with Crippen molar-refractivity contribution < 1.29 is 0 Å². The van der Waals surface area contributed by atoms with E-state index in [9.17, 15) is 0 Å². The van der Waals surface area contributed by atoms with Gasteiger partial charge in [0.25, 0.3) is 0 Å². The fraction of sp³-hybridized carbons (Fsp3) is 0.533. The van der Waals surface area contributed by atoms with E-state index in [4.69, 9.17) is 5.26 Å². The van der Waals surface area contributed by atoms with Gasteiger partial charge in [0, 0.05) is 6.54 Å². The third-order valence-electron chi connectivity index (χ3n) is 3.51. The summed E-state index contributed by atoms with van der Waals surface area (Å²) in [6.45, 7) is 13.1. The van der Waals surface area contributed by atoms with E-state index in [-0.39, 0.29) is 0 Å². The zero-order valence-electron chi connectivity index (χ0n) is 11.7. The van der Waals surface area contributed by atoms with Crippen LogP contribution >= 0.6 is 0 Å². The van der Waals surface area contributed by atoms with Crippen molar-refractivity contribution in [3.8, 4) is 6.07 Å². The van der Waals surface area contributed by atoms with Gasteiger partial charge in [-0.05, 0) is 69.4 Å². The van der Waals surface area contributed by atoms with Crippen molar-refractivity contribution in [2.24, 2.45) is 0 Å². The lowest BCUT2D eigenvalue weighted by Crippen LogP contribution is -2.37. The zero-order valence-corrected chi connectivity index (χ0v) is 11.7. The van der Waals surface area contributed by atoms with E-state index in [1.807, 2.05) is 13.8 Å². The van der Waals surface area contributed by atoms with Gasteiger partial charge in [-0.15, -0.1) is 0 Å². The van der Waals surface area contributed by atoms with Gasteiger partial charge >= 0.3 is 0 Å². The van der Waals surface area contributed by atoms with Crippen molar-refractivity contribution >= 4 is 0 Å². The first-order valence-corrected chi connectivity index (χ1v) is 6.01. The van der Waals surface area contributed by atoms with E-state index in [1.165, 1.54) is 27.8 Å². The minimum Gasteiger partial charge on any atom is -0.296 e. The van der Waals surface area contributed by atoms with Gasteiger partial charge in [-0.25, -0.2) is 0 Å². The Hall–Kier alpha value is -1.33. The summed E-state index contributed by atoms with van der Waals surface area (Å²) in [7, 11) is 0. The van der Waals surface area contributed by atoms with Gasteiger partial charge in [0.15, 0.2) is 0 Å². The number of nitrogens with zero attached hydrogens (tertiary/aromatic N) is 1. The Morgan fingerprint density at radius 1 is 1.12 bits per heavy atom. The van der Waals surface area contributed by atoms with Gasteiger partial charge in [-0.1, -0.05) is 6.07 Å². The zero-order chi connectivity index (χ0) is 13.2. The highest BCUT2D eigenvalue weighted by Crippen LogP contribution is 2.22. The molecule has 1 aromatic rings. The largest absolute Gasteiger partial charge is 0.296 e. The number of nitriles is 1. The summed E-state index contributed by atoms with van der Waals surface area (Å²) in [6.07, 6.45) is 0. The van der Waals surface area contributed by atoms with E-state index in [0.29, 0.717) is 0 Å². The fourth-order valence-corrected chi connectivity index (χ4v) is 1.91. The summed E-state index contributed by atoms with van der Waals surface area (Å²) in [5, 5.41) is 12.3. The minimum atomic E-state index is -0.476. The molecule has 0 heterocycles. The van der Waals surface area contributed by atoms with Crippen molar-refractivity contribution in [2.45, 2.75) is 53.6 Å². The van der Waals surface area contributed by atoms with Crippen LogP contribution in [-0.4, -0.2) is 5.54 Å². The van der Waals surface area contributed by atoms with Crippen LogP contribution in [0.25, 0.3) is 0 Å². The Kier molecular flexibility index (Phi) is 3.95. The Bertz CT molecular complexity index is 439. The number of hydrogen-bond acceptors (Lipinski definition) is 2. The van der Waals surface area contributed by atoms with E-state index in [2.05, 4.69) is 45.1 Å². The van der Waals surface area contributed by atoms with E-state index in [1.54, 1.807) is 0 Å². The average molecular weight is 230 g/mol. The van der Waals surface area contributed by atoms with Crippen LogP contribution in [0.5, 0.6) is 0 Å². The van der Waals surface area contributed by atoms with Crippen molar-refractivity contribution in [2.75, 3.05) is 0 Å².